The fraction of sp³-hybridized carbons (Fsp3) is 0.476. The SMILES string of the molecule is CN=C(NCCCCc1nc(C)cs1)NCc1ccc(N2CCCC2=O)cc1.I. The van der Waals surface area contributed by atoms with Gasteiger partial charge in [-0.25, -0.2) is 4.98 Å². The molecule has 8 heteroatoms. The Balaban J connectivity index is 0.00000300. The van der Waals surface area contributed by atoms with E-state index in [0.717, 1.165) is 61.7 Å². The van der Waals surface area contributed by atoms with Gasteiger partial charge in [0.05, 0.1) is 5.01 Å². The number of guanidine groups is 1. The van der Waals surface area contributed by atoms with Crippen LogP contribution in [0.5, 0.6) is 0 Å². The van der Waals surface area contributed by atoms with Crippen LogP contribution < -0.4 is 15.5 Å². The molecule has 0 spiro atoms. The van der Waals surface area contributed by atoms with Gasteiger partial charge < -0.3 is 15.5 Å². The van der Waals surface area contributed by atoms with E-state index in [1.807, 2.05) is 24.0 Å². The number of halogens is 1. The lowest BCUT2D eigenvalue weighted by Crippen LogP contribution is -2.37. The summed E-state index contributed by atoms with van der Waals surface area (Å²) in [6.45, 7) is 4.46. The van der Waals surface area contributed by atoms with Crippen molar-refractivity contribution in [2.24, 2.45) is 4.99 Å². The first-order valence-corrected chi connectivity index (χ1v) is 10.8. The maximum absolute atomic E-state index is 11.8. The Labute approximate surface area is 194 Å². The number of carbonyl (C=O) groups excluding carboxylic acids is 1. The van der Waals surface area contributed by atoms with Crippen molar-refractivity contribution in [1.82, 2.24) is 15.6 Å². The Hall–Kier alpha value is -1.68. The Bertz CT molecular complexity index is 806. The lowest BCUT2D eigenvalue weighted by Gasteiger charge is -2.16. The first-order chi connectivity index (χ1) is 13.7. The van der Waals surface area contributed by atoms with Gasteiger partial charge in [0.1, 0.15) is 0 Å². The van der Waals surface area contributed by atoms with E-state index < -0.39 is 0 Å². The lowest BCUT2D eigenvalue weighted by atomic mass is 10.2. The molecule has 1 aromatic heterocycles. The third-order valence-electron chi connectivity index (χ3n) is 4.78. The minimum atomic E-state index is 0. The molecule has 2 aromatic rings. The maximum atomic E-state index is 11.8. The van der Waals surface area contributed by atoms with Gasteiger partial charge in [-0.05, 0) is 50.3 Å². The van der Waals surface area contributed by atoms with Gasteiger partial charge in [0.15, 0.2) is 5.96 Å². The highest BCUT2D eigenvalue weighted by Gasteiger charge is 2.21. The van der Waals surface area contributed by atoms with Crippen molar-refractivity contribution < 1.29 is 4.79 Å². The maximum Gasteiger partial charge on any atom is 0.227 e. The highest BCUT2D eigenvalue weighted by Crippen LogP contribution is 2.21. The zero-order valence-electron chi connectivity index (χ0n) is 17.1. The molecule has 1 aliphatic rings. The topological polar surface area (TPSA) is 69.6 Å². The number of aryl methyl sites for hydroxylation is 2. The normalized spacial score (nSPS) is 14.1. The van der Waals surface area contributed by atoms with Crippen LogP contribution in [0.15, 0.2) is 34.6 Å². The molecule has 1 aliphatic heterocycles. The van der Waals surface area contributed by atoms with Crippen molar-refractivity contribution in [3.8, 4) is 0 Å². The molecule has 2 heterocycles. The number of aromatic nitrogens is 1. The number of hydrogen-bond acceptors (Lipinski definition) is 4. The molecule has 0 unspecified atom stereocenters. The number of carbonyl (C=O) groups is 1. The molecule has 1 fully saturated rings. The molecule has 0 aliphatic carbocycles. The molecule has 3 rings (SSSR count). The molecular formula is C21H30IN5OS. The fourth-order valence-electron chi connectivity index (χ4n) is 3.25. The molecule has 0 atom stereocenters. The van der Waals surface area contributed by atoms with E-state index in [-0.39, 0.29) is 29.9 Å². The summed E-state index contributed by atoms with van der Waals surface area (Å²) >= 11 is 1.74. The van der Waals surface area contributed by atoms with Crippen LogP contribution in [-0.4, -0.2) is 37.0 Å². The highest BCUT2D eigenvalue weighted by molar-refractivity contribution is 14.0. The number of amides is 1. The smallest absolute Gasteiger partial charge is 0.227 e. The number of anilines is 1. The number of nitrogens with one attached hydrogen (secondary N) is 2. The Morgan fingerprint density at radius 3 is 2.66 bits per heavy atom. The van der Waals surface area contributed by atoms with Crippen LogP contribution in [0.3, 0.4) is 0 Å². The standard InChI is InChI=1S/C21H29N5OS.HI/c1-16-15-28-19(25-16)6-3-4-12-23-21(22-2)24-14-17-8-10-18(11-9-17)26-13-5-7-20(26)27;/h8-11,15H,3-7,12-14H2,1-2H3,(H2,22,23,24);1H. The fourth-order valence-corrected chi connectivity index (χ4v) is 4.07. The van der Waals surface area contributed by atoms with Gasteiger partial charge in [-0.2, -0.15) is 0 Å². The number of aliphatic imine (C=N–C) groups is 1. The van der Waals surface area contributed by atoms with Crippen molar-refractivity contribution in [2.75, 3.05) is 25.0 Å². The van der Waals surface area contributed by atoms with Crippen molar-refractivity contribution in [3.05, 3.63) is 45.9 Å². The number of benzene rings is 1. The van der Waals surface area contributed by atoms with E-state index in [1.54, 1.807) is 18.4 Å². The van der Waals surface area contributed by atoms with Gasteiger partial charge >= 0.3 is 0 Å². The number of unbranched alkanes of at least 4 members (excludes halogenated alkanes) is 1. The number of hydrogen-bond donors (Lipinski definition) is 2. The summed E-state index contributed by atoms with van der Waals surface area (Å²) in [5.41, 5.74) is 3.27. The van der Waals surface area contributed by atoms with Crippen molar-refractivity contribution in [1.29, 1.82) is 0 Å². The third-order valence-corrected chi connectivity index (χ3v) is 5.81. The summed E-state index contributed by atoms with van der Waals surface area (Å²) in [7, 11) is 1.79. The van der Waals surface area contributed by atoms with E-state index in [9.17, 15) is 4.79 Å². The van der Waals surface area contributed by atoms with Gasteiger partial charge in [0.25, 0.3) is 0 Å². The molecule has 0 bridgehead atoms. The number of rotatable bonds is 8. The van der Waals surface area contributed by atoms with Crippen LogP contribution in [0.25, 0.3) is 0 Å². The Morgan fingerprint density at radius 1 is 1.24 bits per heavy atom. The van der Waals surface area contributed by atoms with E-state index in [0.29, 0.717) is 13.0 Å². The Kier molecular flexibility index (Phi) is 9.86. The summed E-state index contributed by atoms with van der Waals surface area (Å²) in [5, 5.41) is 10.0. The molecule has 2 N–H and O–H groups in total. The van der Waals surface area contributed by atoms with Gasteiger partial charge in [-0.3, -0.25) is 9.79 Å². The first kappa shape index (κ1) is 23.6. The van der Waals surface area contributed by atoms with Crippen LogP contribution in [0.1, 0.15) is 41.9 Å². The second kappa shape index (κ2) is 12.1. The van der Waals surface area contributed by atoms with Crippen molar-refractivity contribution in [3.63, 3.8) is 0 Å². The molecule has 1 aromatic carbocycles. The molecule has 1 saturated heterocycles. The summed E-state index contributed by atoms with van der Waals surface area (Å²) in [6.07, 6.45) is 4.85. The highest BCUT2D eigenvalue weighted by atomic mass is 127. The van der Waals surface area contributed by atoms with Gasteiger partial charge in [0.2, 0.25) is 5.91 Å². The minimum Gasteiger partial charge on any atom is -0.356 e. The van der Waals surface area contributed by atoms with E-state index in [4.69, 9.17) is 0 Å². The number of thiazole rings is 1. The molecule has 158 valence electrons. The second-order valence-electron chi connectivity index (χ2n) is 7.01. The molecule has 29 heavy (non-hydrogen) atoms. The summed E-state index contributed by atoms with van der Waals surface area (Å²) < 4.78 is 0. The lowest BCUT2D eigenvalue weighted by molar-refractivity contribution is -0.117. The average Bonchev–Trinajstić information content (AvgIpc) is 3.32. The predicted octanol–water partition coefficient (Wildman–Crippen LogP) is 3.88. The van der Waals surface area contributed by atoms with Crippen molar-refractivity contribution in [2.45, 2.75) is 45.6 Å². The quantitative estimate of drug-likeness (QED) is 0.237. The van der Waals surface area contributed by atoms with Crippen molar-refractivity contribution >= 4 is 52.9 Å². The van der Waals surface area contributed by atoms with E-state index >= 15 is 0 Å². The van der Waals surface area contributed by atoms with E-state index in [2.05, 4.69) is 38.1 Å². The van der Waals surface area contributed by atoms with Gasteiger partial charge in [0, 0.05) is 49.9 Å². The summed E-state index contributed by atoms with van der Waals surface area (Å²) in [4.78, 5) is 22.5. The summed E-state index contributed by atoms with van der Waals surface area (Å²) in [5.74, 6) is 1.03. The third kappa shape index (κ3) is 7.26. The number of nitrogens with zero attached hydrogens (tertiary/aromatic N) is 3. The molecule has 1 amide bonds. The molecule has 0 radical (unpaired) electrons. The zero-order valence-corrected chi connectivity index (χ0v) is 20.3. The van der Waals surface area contributed by atoms with Crippen LogP contribution in [0.2, 0.25) is 0 Å². The summed E-state index contributed by atoms with van der Waals surface area (Å²) in [6, 6.07) is 8.18. The zero-order chi connectivity index (χ0) is 19.8. The average molecular weight is 527 g/mol. The van der Waals surface area contributed by atoms with Crippen LogP contribution in [-0.2, 0) is 17.8 Å². The second-order valence-corrected chi connectivity index (χ2v) is 7.95. The van der Waals surface area contributed by atoms with Crippen LogP contribution in [0, 0.1) is 6.92 Å². The van der Waals surface area contributed by atoms with E-state index in [1.165, 1.54) is 5.01 Å². The largest absolute Gasteiger partial charge is 0.356 e. The molecule has 6 nitrogen and oxygen atoms in total. The van der Waals surface area contributed by atoms with Gasteiger partial charge in [-0.1, -0.05) is 12.1 Å². The first-order valence-electron chi connectivity index (χ1n) is 9.90. The predicted molar refractivity (Wildman–Crippen MR) is 131 cm³/mol. The minimum absolute atomic E-state index is 0. The molecular weight excluding hydrogens is 497 g/mol. The Morgan fingerprint density at radius 2 is 2.03 bits per heavy atom. The van der Waals surface area contributed by atoms with Crippen LogP contribution in [0.4, 0.5) is 5.69 Å². The van der Waals surface area contributed by atoms with Gasteiger partial charge in [-0.15, -0.1) is 35.3 Å². The van der Waals surface area contributed by atoms with Crippen LogP contribution >= 0.6 is 35.3 Å². The monoisotopic (exact) mass is 527 g/mol. The molecule has 0 saturated carbocycles.